The Morgan fingerprint density at radius 1 is 1.32 bits per heavy atom. The van der Waals surface area contributed by atoms with Crippen LogP contribution in [-0.2, 0) is 14.9 Å². The van der Waals surface area contributed by atoms with Gasteiger partial charge in [-0.15, -0.1) is 0 Å². The van der Waals surface area contributed by atoms with E-state index in [9.17, 15) is 13.2 Å². The highest BCUT2D eigenvalue weighted by molar-refractivity contribution is 7.90. The van der Waals surface area contributed by atoms with Gasteiger partial charge in [0.1, 0.15) is 0 Å². The molecule has 0 aromatic heterocycles. The molecule has 2 N–H and O–H groups in total. The predicted molar refractivity (Wildman–Crippen MR) is 73.2 cm³/mol. The summed E-state index contributed by atoms with van der Waals surface area (Å²) in [7, 11) is -3.71. The molecule has 1 rings (SSSR count). The Balaban J connectivity index is 2.99. The molecule has 6 nitrogen and oxygen atoms in total. The van der Waals surface area contributed by atoms with E-state index in [4.69, 9.17) is 4.74 Å². The third-order valence-corrected chi connectivity index (χ3v) is 3.33. The maximum Gasteiger partial charge on any atom is 0.340 e. The van der Waals surface area contributed by atoms with Crippen molar-refractivity contribution in [1.29, 1.82) is 0 Å². The fraction of sp³-hybridized carbons (Fsp3) is 0.417. The van der Waals surface area contributed by atoms with Gasteiger partial charge in [-0.1, -0.05) is 12.1 Å². The molecule has 106 valence electrons. The lowest BCUT2D eigenvalue weighted by atomic mass is 10.2. The fourth-order valence-corrected chi connectivity index (χ4v) is 2.59. The van der Waals surface area contributed by atoms with Crippen molar-refractivity contribution in [2.75, 3.05) is 11.3 Å². The molecule has 0 atom stereocenters. The molecule has 0 heterocycles. The van der Waals surface area contributed by atoms with Gasteiger partial charge < -0.3 is 4.74 Å². The molecule has 0 spiro atoms. The van der Waals surface area contributed by atoms with Crippen molar-refractivity contribution in [2.45, 2.75) is 26.8 Å². The molecule has 0 saturated carbocycles. The summed E-state index contributed by atoms with van der Waals surface area (Å²) in [6.07, 6.45) is 0. The van der Waals surface area contributed by atoms with E-state index in [1.165, 1.54) is 12.1 Å². The van der Waals surface area contributed by atoms with Crippen LogP contribution >= 0.6 is 0 Å². The summed E-state index contributed by atoms with van der Waals surface area (Å²) < 4.78 is 33.1. The first-order valence-electron chi connectivity index (χ1n) is 5.92. The Morgan fingerprint density at radius 3 is 2.53 bits per heavy atom. The molecule has 1 aromatic carbocycles. The first-order valence-corrected chi connectivity index (χ1v) is 7.40. The molecule has 0 saturated heterocycles. The van der Waals surface area contributed by atoms with Gasteiger partial charge in [-0.2, -0.15) is 13.1 Å². The van der Waals surface area contributed by atoms with E-state index in [0.717, 1.165) is 0 Å². The van der Waals surface area contributed by atoms with Gasteiger partial charge >= 0.3 is 5.97 Å². The fourth-order valence-electron chi connectivity index (χ4n) is 1.44. The zero-order valence-corrected chi connectivity index (χ0v) is 12.0. The monoisotopic (exact) mass is 286 g/mol. The number of esters is 1. The van der Waals surface area contributed by atoms with Crippen LogP contribution in [0.1, 0.15) is 31.1 Å². The summed E-state index contributed by atoms with van der Waals surface area (Å²) >= 11 is 0. The Morgan fingerprint density at radius 2 is 1.95 bits per heavy atom. The lowest BCUT2D eigenvalue weighted by Gasteiger charge is -2.14. The van der Waals surface area contributed by atoms with E-state index < -0.39 is 16.2 Å². The highest BCUT2D eigenvalue weighted by Gasteiger charge is 2.17. The van der Waals surface area contributed by atoms with Crippen LogP contribution in [0.5, 0.6) is 0 Å². The number of anilines is 1. The Bertz CT molecular complexity index is 540. The van der Waals surface area contributed by atoms with Crippen LogP contribution < -0.4 is 9.44 Å². The van der Waals surface area contributed by atoms with Crippen LogP contribution in [0.15, 0.2) is 24.3 Å². The van der Waals surface area contributed by atoms with Gasteiger partial charge in [-0.25, -0.2) is 4.79 Å². The average Bonchev–Trinajstić information content (AvgIpc) is 2.27. The summed E-state index contributed by atoms with van der Waals surface area (Å²) in [5, 5.41) is 0. The first kappa shape index (κ1) is 15.5. The van der Waals surface area contributed by atoms with Crippen molar-refractivity contribution in [3.8, 4) is 0 Å². The topological polar surface area (TPSA) is 84.5 Å². The summed E-state index contributed by atoms with van der Waals surface area (Å²) in [4.78, 5) is 11.7. The molecule has 0 unspecified atom stereocenters. The Hall–Kier alpha value is -1.60. The molecule has 0 bridgehead atoms. The number of rotatable bonds is 6. The van der Waals surface area contributed by atoms with Gasteiger partial charge in [-0.3, -0.25) is 4.72 Å². The molecule has 19 heavy (non-hydrogen) atoms. The van der Waals surface area contributed by atoms with Gasteiger partial charge in [0.25, 0.3) is 10.2 Å². The van der Waals surface area contributed by atoms with Gasteiger partial charge in [0.05, 0.1) is 17.9 Å². The van der Waals surface area contributed by atoms with E-state index >= 15 is 0 Å². The molecule has 1 aromatic rings. The number of carbonyl (C=O) groups excluding carboxylic acids is 1. The van der Waals surface area contributed by atoms with Gasteiger partial charge in [0.2, 0.25) is 0 Å². The highest BCUT2D eigenvalue weighted by atomic mass is 32.2. The standard InChI is InChI=1S/C12H18N2O4S/c1-4-18-12(15)10-7-5-6-8-11(10)14-19(16,17)13-9(2)3/h5-9,13-14H,4H2,1-3H3. The third kappa shape index (κ3) is 4.88. The van der Waals surface area contributed by atoms with Crippen molar-refractivity contribution in [2.24, 2.45) is 0 Å². The third-order valence-electron chi connectivity index (χ3n) is 2.06. The van der Waals surface area contributed by atoms with E-state index in [1.807, 2.05) is 0 Å². The number of carbonyl (C=O) groups is 1. The predicted octanol–water partition coefficient (Wildman–Crippen LogP) is 1.52. The second kappa shape index (κ2) is 6.53. The number of nitrogens with one attached hydrogen (secondary N) is 2. The number of benzene rings is 1. The molecule has 7 heteroatoms. The number of hydrogen-bond donors (Lipinski definition) is 2. The maximum atomic E-state index is 11.8. The van der Waals surface area contributed by atoms with Crippen LogP contribution in [-0.4, -0.2) is 27.0 Å². The van der Waals surface area contributed by atoms with Gasteiger partial charge in [-0.05, 0) is 32.9 Å². The van der Waals surface area contributed by atoms with Crippen molar-refractivity contribution in [1.82, 2.24) is 4.72 Å². The summed E-state index contributed by atoms with van der Waals surface area (Å²) in [5.74, 6) is -0.564. The molecule has 0 radical (unpaired) electrons. The zero-order valence-electron chi connectivity index (χ0n) is 11.1. The Kier molecular flexibility index (Phi) is 5.31. The van der Waals surface area contributed by atoms with Crippen LogP contribution in [0.3, 0.4) is 0 Å². The maximum absolute atomic E-state index is 11.8. The molecular formula is C12H18N2O4S. The minimum Gasteiger partial charge on any atom is -0.462 e. The molecule has 0 aliphatic rings. The summed E-state index contributed by atoms with van der Waals surface area (Å²) in [5.41, 5.74) is 0.368. The van der Waals surface area contributed by atoms with Crippen molar-refractivity contribution < 1.29 is 17.9 Å². The Labute approximate surface area is 113 Å². The molecule has 0 aliphatic carbocycles. The van der Waals surface area contributed by atoms with Gasteiger partial charge in [0, 0.05) is 6.04 Å². The molecule has 0 aliphatic heterocycles. The lowest BCUT2D eigenvalue weighted by molar-refractivity contribution is 0.0527. The molecule has 0 amide bonds. The van der Waals surface area contributed by atoms with Crippen LogP contribution in [0.4, 0.5) is 5.69 Å². The van der Waals surface area contributed by atoms with Crippen molar-refractivity contribution >= 4 is 21.9 Å². The van der Waals surface area contributed by atoms with E-state index in [-0.39, 0.29) is 23.9 Å². The van der Waals surface area contributed by atoms with Crippen molar-refractivity contribution in [3.05, 3.63) is 29.8 Å². The largest absolute Gasteiger partial charge is 0.462 e. The average molecular weight is 286 g/mol. The van der Waals surface area contributed by atoms with Gasteiger partial charge in [0.15, 0.2) is 0 Å². The highest BCUT2D eigenvalue weighted by Crippen LogP contribution is 2.17. The van der Waals surface area contributed by atoms with Crippen LogP contribution in [0.25, 0.3) is 0 Å². The normalized spacial score (nSPS) is 11.4. The minimum absolute atomic E-state index is 0.179. The molecule has 0 fully saturated rings. The minimum atomic E-state index is -3.71. The number of hydrogen-bond acceptors (Lipinski definition) is 4. The summed E-state index contributed by atoms with van der Waals surface area (Å²) in [6, 6.07) is 6.04. The van der Waals surface area contributed by atoms with E-state index in [1.54, 1.807) is 32.9 Å². The van der Waals surface area contributed by atoms with E-state index in [0.29, 0.717) is 0 Å². The van der Waals surface area contributed by atoms with Crippen LogP contribution in [0, 0.1) is 0 Å². The second-order valence-electron chi connectivity index (χ2n) is 4.14. The number of ether oxygens (including phenoxy) is 1. The van der Waals surface area contributed by atoms with Crippen LogP contribution in [0.2, 0.25) is 0 Å². The quantitative estimate of drug-likeness (QED) is 0.776. The van der Waals surface area contributed by atoms with Crippen molar-refractivity contribution in [3.63, 3.8) is 0 Å². The second-order valence-corrected chi connectivity index (χ2v) is 5.59. The number of para-hydroxylation sites is 1. The lowest BCUT2D eigenvalue weighted by Crippen LogP contribution is -2.35. The summed E-state index contributed by atoms with van der Waals surface area (Å²) in [6.45, 7) is 5.32. The SMILES string of the molecule is CCOC(=O)c1ccccc1NS(=O)(=O)NC(C)C. The first-order chi connectivity index (χ1) is 8.85. The zero-order chi connectivity index (χ0) is 14.5. The smallest absolute Gasteiger partial charge is 0.340 e. The molecular weight excluding hydrogens is 268 g/mol. The van der Waals surface area contributed by atoms with E-state index in [2.05, 4.69) is 9.44 Å².